The highest BCUT2D eigenvalue weighted by Gasteiger charge is 2.37. The van der Waals surface area contributed by atoms with E-state index in [1.54, 1.807) is 31.2 Å². The minimum atomic E-state index is -0.992. The average molecular weight is 448 g/mol. The minimum Gasteiger partial charge on any atom is -0.462 e. The van der Waals surface area contributed by atoms with Crippen molar-refractivity contribution >= 4 is 23.5 Å². The van der Waals surface area contributed by atoms with Crippen molar-refractivity contribution in [1.82, 2.24) is 4.90 Å². The third-order valence-corrected chi connectivity index (χ3v) is 5.54. The van der Waals surface area contributed by atoms with Crippen molar-refractivity contribution in [2.24, 2.45) is 5.92 Å². The third kappa shape index (κ3) is 5.13. The molecule has 1 amide bonds. The summed E-state index contributed by atoms with van der Waals surface area (Å²) >= 11 is 6.37. The number of carbonyl (C=O) groups is 2. The minimum absolute atomic E-state index is 0.0108. The van der Waals surface area contributed by atoms with Gasteiger partial charge in [0, 0.05) is 23.1 Å². The summed E-state index contributed by atoms with van der Waals surface area (Å²) in [4.78, 5) is 27.5. The number of rotatable bonds is 6. The molecule has 0 spiro atoms. The first-order chi connectivity index (χ1) is 14.7. The summed E-state index contributed by atoms with van der Waals surface area (Å²) in [5.41, 5.74) is 1.84. The molecule has 31 heavy (non-hydrogen) atoms. The number of halogens is 3. The van der Waals surface area contributed by atoms with Crippen LogP contribution >= 0.6 is 11.6 Å². The van der Waals surface area contributed by atoms with Crippen molar-refractivity contribution in [2.45, 2.75) is 39.7 Å². The molecule has 164 valence electrons. The van der Waals surface area contributed by atoms with Crippen LogP contribution in [0.2, 0.25) is 5.02 Å². The summed E-state index contributed by atoms with van der Waals surface area (Å²) in [7, 11) is 0. The highest BCUT2D eigenvalue weighted by Crippen LogP contribution is 2.40. The van der Waals surface area contributed by atoms with Crippen LogP contribution < -0.4 is 0 Å². The SMILES string of the molecule is CC1=C(C(=O)OCC(C)C)[C@H](c2ccccc2Cl)CC(=O)N1Cc1ccc(F)c(F)c1. The summed E-state index contributed by atoms with van der Waals surface area (Å²) in [5.74, 6) is -3.12. The lowest BCUT2D eigenvalue weighted by Gasteiger charge is -2.35. The van der Waals surface area contributed by atoms with Crippen molar-refractivity contribution in [3.63, 3.8) is 0 Å². The first-order valence-electron chi connectivity index (χ1n) is 10.1. The first-order valence-corrected chi connectivity index (χ1v) is 10.4. The molecule has 7 heteroatoms. The van der Waals surface area contributed by atoms with E-state index in [-0.39, 0.29) is 31.4 Å². The molecule has 2 aromatic carbocycles. The Morgan fingerprint density at radius 2 is 1.90 bits per heavy atom. The molecule has 0 aliphatic carbocycles. The Balaban J connectivity index is 2.03. The molecule has 3 rings (SSSR count). The van der Waals surface area contributed by atoms with E-state index >= 15 is 0 Å². The Bertz CT molecular complexity index is 1040. The van der Waals surface area contributed by atoms with Crippen molar-refractivity contribution in [3.8, 4) is 0 Å². The monoisotopic (exact) mass is 447 g/mol. The number of nitrogens with zero attached hydrogens (tertiary/aromatic N) is 1. The molecule has 4 nitrogen and oxygen atoms in total. The normalized spacial score (nSPS) is 16.8. The molecule has 0 saturated heterocycles. The van der Waals surface area contributed by atoms with Crippen LogP contribution in [-0.2, 0) is 20.9 Å². The van der Waals surface area contributed by atoms with Crippen LogP contribution in [0.1, 0.15) is 44.2 Å². The van der Waals surface area contributed by atoms with Gasteiger partial charge in [-0.1, -0.05) is 49.7 Å². The van der Waals surface area contributed by atoms with Gasteiger partial charge in [0.05, 0.1) is 18.7 Å². The Hall–Kier alpha value is -2.73. The quantitative estimate of drug-likeness (QED) is 0.541. The topological polar surface area (TPSA) is 46.6 Å². The fraction of sp³-hybridized carbons (Fsp3) is 0.333. The Morgan fingerprint density at radius 1 is 1.19 bits per heavy atom. The smallest absolute Gasteiger partial charge is 0.336 e. The summed E-state index contributed by atoms with van der Waals surface area (Å²) in [6.07, 6.45) is 0.0108. The zero-order valence-electron chi connectivity index (χ0n) is 17.6. The molecule has 1 aliphatic heterocycles. The first kappa shape index (κ1) is 22.9. The summed E-state index contributed by atoms with van der Waals surface area (Å²) in [6.45, 7) is 5.77. The summed E-state index contributed by atoms with van der Waals surface area (Å²) in [6, 6.07) is 10.5. The maximum atomic E-state index is 13.7. The number of hydrogen-bond acceptors (Lipinski definition) is 3. The van der Waals surface area contributed by atoms with Crippen LogP contribution in [0.3, 0.4) is 0 Å². The molecular formula is C24H24ClF2NO3. The van der Waals surface area contributed by atoms with Crippen molar-refractivity contribution in [2.75, 3.05) is 6.61 Å². The second kappa shape index (κ2) is 9.60. The van der Waals surface area contributed by atoms with Crippen LogP contribution in [0.25, 0.3) is 0 Å². The average Bonchev–Trinajstić information content (AvgIpc) is 2.72. The predicted octanol–water partition coefficient (Wildman–Crippen LogP) is 5.61. The second-order valence-corrected chi connectivity index (χ2v) is 8.41. The van der Waals surface area contributed by atoms with E-state index in [9.17, 15) is 18.4 Å². The van der Waals surface area contributed by atoms with Gasteiger partial charge in [0.25, 0.3) is 0 Å². The molecule has 0 radical (unpaired) electrons. The molecule has 1 atom stereocenters. The van der Waals surface area contributed by atoms with Crippen molar-refractivity contribution < 1.29 is 23.1 Å². The molecule has 0 bridgehead atoms. The van der Waals surface area contributed by atoms with Crippen LogP contribution in [0.4, 0.5) is 8.78 Å². The van der Waals surface area contributed by atoms with E-state index in [0.29, 0.717) is 27.4 Å². The highest BCUT2D eigenvalue weighted by atomic mass is 35.5. The fourth-order valence-corrected chi connectivity index (χ4v) is 3.90. The molecular weight excluding hydrogens is 424 g/mol. The van der Waals surface area contributed by atoms with Crippen LogP contribution in [0, 0.1) is 17.6 Å². The Labute approximate surface area is 185 Å². The molecule has 0 aromatic heterocycles. The summed E-state index contributed by atoms with van der Waals surface area (Å²) < 4.78 is 32.4. The van der Waals surface area contributed by atoms with Crippen molar-refractivity contribution in [1.29, 1.82) is 0 Å². The number of carbonyl (C=O) groups excluding carboxylic acids is 2. The number of hydrogen-bond donors (Lipinski definition) is 0. The lowest BCUT2D eigenvalue weighted by Crippen LogP contribution is -2.38. The van der Waals surface area contributed by atoms with E-state index in [2.05, 4.69) is 0 Å². The Kier molecular flexibility index (Phi) is 7.11. The zero-order chi connectivity index (χ0) is 22.7. The molecule has 0 N–H and O–H groups in total. The molecule has 0 saturated carbocycles. The third-order valence-electron chi connectivity index (χ3n) is 5.20. The molecule has 0 unspecified atom stereocenters. The van der Waals surface area contributed by atoms with E-state index in [1.807, 2.05) is 13.8 Å². The summed E-state index contributed by atoms with van der Waals surface area (Å²) in [5, 5.41) is 0.455. The number of allylic oxidation sites excluding steroid dienone is 1. The molecule has 2 aromatic rings. The molecule has 1 aliphatic rings. The van der Waals surface area contributed by atoms with Crippen LogP contribution in [0.5, 0.6) is 0 Å². The largest absolute Gasteiger partial charge is 0.462 e. The number of esters is 1. The van der Waals surface area contributed by atoms with Gasteiger partial charge < -0.3 is 9.64 Å². The lowest BCUT2D eigenvalue weighted by molar-refractivity contribution is -0.141. The second-order valence-electron chi connectivity index (χ2n) is 8.00. The number of ether oxygens (including phenoxy) is 1. The van der Waals surface area contributed by atoms with E-state index < -0.39 is 23.5 Å². The number of benzene rings is 2. The van der Waals surface area contributed by atoms with E-state index in [1.165, 1.54) is 11.0 Å². The zero-order valence-corrected chi connectivity index (χ0v) is 18.4. The maximum Gasteiger partial charge on any atom is 0.336 e. The number of amides is 1. The van der Waals surface area contributed by atoms with Gasteiger partial charge >= 0.3 is 5.97 Å². The van der Waals surface area contributed by atoms with Gasteiger partial charge in [0.1, 0.15) is 0 Å². The van der Waals surface area contributed by atoms with Crippen molar-refractivity contribution in [3.05, 3.63) is 81.5 Å². The highest BCUT2D eigenvalue weighted by molar-refractivity contribution is 6.31. The van der Waals surface area contributed by atoms with Gasteiger partial charge in [-0.05, 0) is 42.2 Å². The molecule has 0 fully saturated rings. The van der Waals surface area contributed by atoms with Crippen LogP contribution in [-0.4, -0.2) is 23.4 Å². The van der Waals surface area contributed by atoms with Gasteiger partial charge in [-0.3, -0.25) is 4.79 Å². The fourth-order valence-electron chi connectivity index (χ4n) is 3.63. The molecule has 1 heterocycles. The Morgan fingerprint density at radius 3 is 2.55 bits per heavy atom. The van der Waals surface area contributed by atoms with E-state index in [4.69, 9.17) is 16.3 Å². The van der Waals surface area contributed by atoms with Crippen LogP contribution in [0.15, 0.2) is 53.7 Å². The van der Waals surface area contributed by atoms with Gasteiger partial charge in [0.2, 0.25) is 5.91 Å². The lowest BCUT2D eigenvalue weighted by atomic mass is 9.83. The standard InChI is InChI=1S/C24H24ClF2NO3/c1-14(2)13-31-24(30)23-15(3)28(12-16-8-9-20(26)21(27)10-16)22(29)11-18(23)17-6-4-5-7-19(17)25/h4-10,14,18H,11-13H2,1-3H3/t18-/m0/s1. The van der Waals surface area contributed by atoms with Gasteiger partial charge in [0.15, 0.2) is 11.6 Å². The van der Waals surface area contributed by atoms with Gasteiger partial charge in [-0.25, -0.2) is 13.6 Å². The van der Waals surface area contributed by atoms with Gasteiger partial charge in [-0.15, -0.1) is 0 Å². The van der Waals surface area contributed by atoms with Gasteiger partial charge in [-0.2, -0.15) is 0 Å². The van der Waals surface area contributed by atoms with E-state index in [0.717, 1.165) is 12.1 Å². The maximum absolute atomic E-state index is 13.7. The predicted molar refractivity (Wildman–Crippen MR) is 114 cm³/mol.